The van der Waals surface area contributed by atoms with Gasteiger partial charge in [-0.1, -0.05) is 18.6 Å². The molecule has 7 atom stereocenters. The average molecular weight is 549 g/mol. The molecule has 3 fully saturated rings. The molecule has 3 aliphatic rings. The molecule has 1 N–H and O–H groups in total. The number of non-ortho nitro benzene ring substituents is 1. The lowest BCUT2D eigenvalue weighted by Gasteiger charge is -2.42. The van der Waals surface area contributed by atoms with Crippen LogP contribution in [0.25, 0.3) is 0 Å². The molecular formula is C27H36N2O10. The van der Waals surface area contributed by atoms with Crippen LogP contribution in [0.4, 0.5) is 15.3 Å². The minimum atomic E-state index is -1.07. The third-order valence-electron chi connectivity index (χ3n) is 7.63. The lowest BCUT2D eigenvalue weighted by Crippen LogP contribution is -2.56. The second kappa shape index (κ2) is 11.5. The van der Waals surface area contributed by atoms with Gasteiger partial charge in [0.2, 0.25) is 0 Å². The van der Waals surface area contributed by atoms with Gasteiger partial charge < -0.3 is 28.4 Å². The van der Waals surface area contributed by atoms with Gasteiger partial charge in [0, 0.05) is 25.7 Å². The number of epoxide rings is 2. The minimum Gasteiger partial charge on any atom is -0.443 e. The smallest absolute Gasteiger partial charge is 0.443 e. The van der Waals surface area contributed by atoms with Crippen LogP contribution in [0.5, 0.6) is 5.75 Å². The van der Waals surface area contributed by atoms with E-state index >= 15 is 0 Å². The molecule has 1 saturated carbocycles. The van der Waals surface area contributed by atoms with Crippen molar-refractivity contribution in [1.82, 2.24) is 5.32 Å². The summed E-state index contributed by atoms with van der Waals surface area (Å²) in [5.41, 5.74) is 0.274. The Labute approximate surface area is 227 Å². The quantitative estimate of drug-likeness (QED) is 0.0832. The van der Waals surface area contributed by atoms with Crippen LogP contribution in [-0.4, -0.2) is 66.6 Å². The van der Waals surface area contributed by atoms with Crippen molar-refractivity contribution in [3.05, 3.63) is 46.0 Å². The van der Waals surface area contributed by atoms with Crippen LogP contribution in [0, 0.1) is 16.0 Å². The number of nitrogens with zero attached hydrogens (tertiary/aromatic N) is 1. The number of nitro benzene ring substituents is 1. The van der Waals surface area contributed by atoms with Gasteiger partial charge >= 0.3 is 12.2 Å². The zero-order chi connectivity index (χ0) is 28.4. The molecule has 1 aromatic carbocycles. The lowest BCUT2D eigenvalue weighted by atomic mass is 9.68. The van der Waals surface area contributed by atoms with E-state index in [9.17, 15) is 19.7 Å². The topological polar surface area (TPSA) is 151 Å². The molecule has 1 aliphatic carbocycles. The standard InChI is InChI=1S/C27H36N2O10/c1-6-21(38-25(31)36-18-10-8-17(9-11-18)29(32)33)28-24(30)37-19-13-14-27(15-35-27)23(22(19)34-5)26(4)20(39-26)12-7-16(2)3/h7-11,19-23H,6,12-15H2,1-5H3,(H,28,30). The van der Waals surface area contributed by atoms with E-state index in [1.807, 2.05) is 0 Å². The predicted octanol–water partition coefficient (Wildman–Crippen LogP) is 4.65. The maximum Gasteiger partial charge on any atom is 0.515 e. The number of hydrogen-bond acceptors (Lipinski definition) is 10. The minimum absolute atomic E-state index is 0.0309. The van der Waals surface area contributed by atoms with Gasteiger partial charge in [0.25, 0.3) is 5.69 Å². The van der Waals surface area contributed by atoms with E-state index in [1.165, 1.54) is 29.8 Å². The van der Waals surface area contributed by atoms with Crippen molar-refractivity contribution < 1.29 is 42.9 Å². The number of rotatable bonds is 10. The number of carbonyl (C=O) groups excluding carboxylic acids is 2. The van der Waals surface area contributed by atoms with E-state index in [4.69, 9.17) is 28.4 Å². The van der Waals surface area contributed by atoms with Crippen molar-refractivity contribution in [3.63, 3.8) is 0 Å². The van der Waals surface area contributed by atoms with Crippen LogP contribution in [0.3, 0.4) is 0 Å². The normalized spacial score (nSPS) is 31.5. The summed E-state index contributed by atoms with van der Waals surface area (Å²) in [5.74, 6) is -0.0545. The maximum absolute atomic E-state index is 12.8. The van der Waals surface area contributed by atoms with E-state index in [1.54, 1.807) is 14.0 Å². The Morgan fingerprint density at radius 1 is 1.28 bits per heavy atom. The molecule has 2 heterocycles. The van der Waals surface area contributed by atoms with E-state index in [2.05, 4.69) is 32.2 Å². The van der Waals surface area contributed by atoms with Crippen LogP contribution in [0.2, 0.25) is 0 Å². The lowest BCUT2D eigenvalue weighted by molar-refractivity contribution is -0.384. The molecule has 1 spiro atoms. The summed E-state index contributed by atoms with van der Waals surface area (Å²) in [5, 5.41) is 13.3. The highest BCUT2D eigenvalue weighted by atomic mass is 16.7. The van der Waals surface area contributed by atoms with Gasteiger partial charge in [-0.15, -0.1) is 0 Å². The molecule has 1 aromatic rings. The van der Waals surface area contributed by atoms with Crippen molar-refractivity contribution in [2.24, 2.45) is 5.92 Å². The Balaban J connectivity index is 1.33. The Morgan fingerprint density at radius 3 is 2.54 bits per heavy atom. The molecule has 39 heavy (non-hydrogen) atoms. The van der Waals surface area contributed by atoms with E-state index in [0.717, 1.165) is 6.42 Å². The molecule has 2 saturated heterocycles. The second-order valence-electron chi connectivity index (χ2n) is 10.6. The predicted molar refractivity (Wildman–Crippen MR) is 137 cm³/mol. The van der Waals surface area contributed by atoms with Gasteiger partial charge in [0.05, 0.1) is 23.6 Å². The molecule has 0 aromatic heterocycles. The molecular weight excluding hydrogens is 512 g/mol. The number of benzene rings is 1. The largest absolute Gasteiger partial charge is 0.515 e. The third kappa shape index (κ3) is 6.51. The monoisotopic (exact) mass is 548 g/mol. The third-order valence-corrected chi connectivity index (χ3v) is 7.63. The first-order valence-corrected chi connectivity index (χ1v) is 13.1. The Hall–Kier alpha value is -3.22. The fraction of sp³-hybridized carbons (Fsp3) is 0.630. The molecule has 7 unspecified atom stereocenters. The van der Waals surface area contributed by atoms with Gasteiger partial charge in [0.1, 0.15) is 29.2 Å². The molecule has 4 rings (SSSR count). The van der Waals surface area contributed by atoms with Gasteiger partial charge in [-0.2, -0.15) is 0 Å². The first kappa shape index (κ1) is 28.8. The average Bonchev–Trinajstić information content (AvgIpc) is 3.80. The summed E-state index contributed by atoms with van der Waals surface area (Å²) in [6, 6.07) is 4.95. The summed E-state index contributed by atoms with van der Waals surface area (Å²) in [7, 11) is 1.59. The van der Waals surface area contributed by atoms with Crippen molar-refractivity contribution in [2.45, 2.75) is 89.1 Å². The van der Waals surface area contributed by atoms with Crippen LogP contribution in [0.1, 0.15) is 53.4 Å². The molecule has 2 aliphatic heterocycles. The van der Waals surface area contributed by atoms with Crippen LogP contribution in [-0.2, 0) is 23.7 Å². The molecule has 0 radical (unpaired) electrons. The van der Waals surface area contributed by atoms with Crippen LogP contribution < -0.4 is 10.1 Å². The number of hydrogen-bond donors (Lipinski definition) is 1. The van der Waals surface area contributed by atoms with E-state index in [0.29, 0.717) is 19.4 Å². The van der Waals surface area contributed by atoms with E-state index < -0.39 is 41.2 Å². The Morgan fingerprint density at radius 2 is 1.97 bits per heavy atom. The number of methoxy groups -OCH3 is 1. The SMILES string of the molecule is CCC(NC(=O)OC1CCC2(CO2)C(C2(C)OC2CC=C(C)C)C1OC)OC(=O)Oc1ccc([N+](=O)[O-])cc1. The zero-order valence-electron chi connectivity index (χ0n) is 22.8. The number of carbonyl (C=O) groups is 2. The summed E-state index contributed by atoms with van der Waals surface area (Å²) in [6.07, 6.45) is 0.647. The molecule has 0 bridgehead atoms. The van der Waals surface area contributed by atoms with E-state index in [-0.39, 0.29) is 35.5 Å². The number of nitro groups is 1. The van der Waals surface area contributed by atoms with Crippen molar-refractivity contribution >= 4 is 17.9 Å². The first-order valence-electron chi connectivity index (χ1n) is 13.1. The number of allylic oxidation sites excluding steroid dienone is 1. The fourth-order valence-corrected chi connectivity index (χ4v) is 5.46. The number of nitrogens with one attached hydrogen (secondary N) is 1. The van der Waals surface area contributed by atoms with Crippen molar-refractivity contribution in [3.8, 4) is 5.75 Å². The Kier molecular flexibility index (Phi) is 8.48. The first-order chi connectivity index (χ1) is 18.5. The van der Waals surface area contributed by atoms with Crippen molar-refractivity contribution in [2.75, 3.05) is 13.7 Å². The highest BCUT2D eigenvalue weighted by Gasteiger charge is 2.72. The van der Waals surface area contributed by atoms with Gasteiger partial charge in [-0.3, -0.25) is 15.4 Å². The van der Waals surface area contributed by atoms with Crippen LogP contribution >= 0.6 is 0 Å². The second-order valence-corrected chi connectivity index (χ2v) is 10.6. The van der Waals surface area contributed by atoms with Crippen molar-refractivity contribution in [1.29, 1.82) is 0 Å². The summed E-state index contributed by atoms with van der Waals surface area (Å²) < 4.78 is 34.0. The maximum atomic E-state index is 12.8. The zero-order valence-corrected chi connectivity index (χ0v) is 22.8. The van der Waals surface area contributed by atoms with Crippen LogP contribution in [0.15, 0.2) is 35.9 Å². The number of alkyl carbamates (subject to hydrolysis) is 1. The van der Waals surface area contributed by atoms with Gasteiger partial charge in [-0.05, 0) is 52.2 Å². The number of ether oxygens (including phenoxy) is 6. The van der Waals surface area contributed by atoms with Gasteiger partial charge in [-0.25, -0.2) is 9.59 Å². The molecule has 214 valence electrons. The highest BCUT2D eigenvalue weighted by molar-refractivity contribution is 5.69. The fourth-order valence-electron chi connectivity index (χ4n) is 5.46. The van der Waals surface area contributed by atoms with Gasteiger partial charge in [0.15, 0.2) is 6.23 Å². The summed E-state index contributed by atoms with van der Waals surface area (Å²) >= 11 is 0. The summed E-state index contributed by atoms with van der Waals surface area (Å²) in [4.78, 5) is 35.2. The Bertz CT molecular complexity index is 1100. The molecule has 12 nitrogen and oxygen atoms in total. The number of amides is 1. The highest BCUT2D eigenvalue weighted by Crippen LogP contribution is 2.59. The molecule has 12 heteroatoms. The molecule has 1 amide bonds. The summed E-state index contributed by atoms with van der Waals surface area (Å²) in [6.45, 7) is 8.50.